The van der Waals surface area contributed by atoms with E-state index in [9.17, 15) is 9.59 Å². The molecule has 1 fully saturated rings. The van der Waals surface area contributed by atoms with Crippen LogP contribution in [0.15, 0.2) is 6.07 Å². The lowest BCUT2D eigenvalue weighted by Crippen LogP contribution is -2.16. The Balaban J connectivity index is 2.12. The van der Waals surface area contributed by atoms with Gasteiger partial charge in [0, 0.05) is 12.0 Å². The topological polar surface area (TPSA) is 81.2 Å². The average molecular weight is 256 g/mol. The lowest BCUT2D eigenvalue weighted by Gasteiger charge is -2.04. The predicted octanol–water partition coefficient (Wildman–Crippen LogP) is 1.27. The van der Waals surface area contributed by atoms with Gasteiger partial charge in [0.1, 0.15) is 0 Å². The van der Waals surface area contributed by atoms with E-state index in [1.165, 1.54) is 13.2 Å². The van der Waals surface area contributed by atoms with Crippen molar-refractivity contribution in [1.82, 2.24) is 10.2 Å². The number of halogens is 1. The summed E-state index contributed by atoms with van der Waals surface area (Å²) in [7, 11) is 1.23. The SMILES string of the molecule is COC(=O)c1nnc(NC(=O)C2CC2)cc1Cl. The van der Waals surface area contributed by atoms with Crippen LogP contribution >= 0.6 is 11.6 Å². The fourth-order valence-corrected chi connectivity index (χ4v) is 1.46. The third-order valence-electron chi connectivity index (χ3n) is 2.33. The molecule has 0 atom stereocenters. The molecule has 1 saturated carbocycles. The molecule has 6 nitrogen and oxygen atoms in total. The molecular weight excluding hydrogens is 246 g/mol. The van der Waals surface area contributed by atoms with Crippen LogP contribution in [0.25, 0.3) is 0 Å². The minimum atomic E-state index is -0.664. The monoisotopic (exact) mass is 255 g/mol. The predicted molar refractivity (Wildman–Crippen MR) is 59.7 cm³/mol. The zero-order chi connectivity index (χ0) is 12.4. The van der Waals surface area contributed by atoms with Gasteiger partial charge < -0.3 is 10.1 Å². The first-order valence-electron chi connectivity index (χ1n) is 5.04. The van der Waals surface area contributed by atoms with E-state index in [1.54, 1.807) is 0 Å². The maximum atomic E-state index is 11.4. The first-order valence-corrected chi connectivity index (χ1v) is 5.42. The normalized spacial score (nSPS) is 14.2. The number of methoxy groups -OCH3 is 1. The van der Waals surface area contributed by atoms with Crippen molar-refractivity contribution < 1.29 is 14.3 Å². The molecule has 1 aromatic rings. The third kappa shape index (κ3) is 2.71. The molecule has 0 aromatic carbocycles. The first-order chi connectivity index (χ1) is 8.11. The molecule has 1 N–H and O–H groups in total. The van der Waals surface area contributed by atoms with Gasteiger partial charge in [-0.1, -0.05) is 11.6 Å². The Labute approximate surface area is 102 Å². The Morgan fingerprint density at radius 2 is 2.18 bits per heavy atom. The van der Waals surface area contributed by atoms with Crippen LogP contribution in [0.1, 0.15) is 23.3 Å². The van der Waals surface area contributed by atoms with Gasteiger partial charge in [0.25, 0.3) is 0 Å². The highest BCUT2D eigenvalue weighted by atomic mass is 35.5. The Morgan fingerprint density at radius 3 is 2.71 bits per heavy atom. The largest absolute Gasteiger partial charge is 0.464 e. The summed E-state index contributed by atoms with van der Waals surface area (Å²) in [5, 5.41) is 9.98. The van der Waals surface area contributed by atoms with E-state index in [1.807, 2.05) is 0 Å². The molecule has 0 bridgehead atoms. The summed E-state index contributed by atoms with van der Waals surface area (Å²) in [5.41, 5.74) is -0.0708. The fraction of sp³-hybridized carbons (Fsp3) is 0.400. The van der Waals surface area contributed by atoms with Crippen LogP contribution in [0.4, 0.5) is 5.82 Å². The molecule has 0 aliphatic heterocycles. The quantitative estimate of drug-likeness (QED) is 0.823. The molecule has 0 radical (unpaired) electrons. The van der Waals surface area contributed by atoms with Crippen LogP contribution in [0, 0.1) is 5.92 Å². The van der Waals surface area contributed by atoms with Crippen molar-refractivity contribution >= 4 is 29.3 Å². The number of carbonyl (C=O) groups excluding carboxylic acids is 2. The Kier molecular flexibility index (Phi) is 3.23. The van der Waals surface area contributed by atoms with Crippen molar-refractivity contribution in [1.29, 1.82) is 0 Å². The van der Waals surface area contributed by atoms with Crippen LogP contribution in [-0.4, -0.2) is 29.2 Å². The Bertz CT molecular complexity index is 474. The van der Waals surface area contributed by atoms with Crippen LogP contribution in [0.3, 0.4) is 0 Å². The molecule has 1 aromatic heterocycles. The number of ether oxygens (including phenoxy) is 1. The van der Waals surface area contributed by atoms with Gasteiger partial charge in [0.05, 0.1) is 12.1 Å². The maximum Gasteiger partial charge on any atom is 0.360 e. The zero-order valence-corrected chi connectivity index (χ0v) is 9.82. The number of esters is 1. The number of carbonyl (C=O) groups is 2. The number of hydrogen-bond donors (Lipinski definition) is 1. The summed E-state index contributed by atoms with van der Waals surface area (Å²) >= 11 is 5.83. The van der Waals surface area contributed by atoms with Crippen LogP contribution in [0.5, 0.6) is 0 Å². The number of hydrogen-bond acceptors (Lipinski definition) is 5. The smallest absolute Gasteiger partial charge is 0.360 e. The van der Waals surface area contributed by atoms with Crippen molar-refractivity contribution in [2.45, 2.75) is 12.8 Å². The minimum Gasteiger partial charge on any atom is -0.464 e. The zero-order valence-electron chi connectivity index (χ0n) is 9.07. The van der Waals surface area contributed by atoms with Gasteiger partial charge in [0.15, 0.2) is 11.5 Å². The van der Waals surface area contributed by atoms with E-state index in [4.69, 9.17) is 11.6 Å². The summed E-state index contributed by atoms with van der Waals surface area (Å²) in [6.07, 6.45) is 1.79. The van der Waals surface area contributed by atoms with E-state index in [2.05, 4.69) is 20.3 Å². The fourth-order valence-electron chi connectivity index (χ4n) is 1.24. The van der Waals surface area contributed by atoms with E-state index in [-0.39, 0.29) is 28.4 Å². The van der Waals surface area contributed by atoms with Crippen LogP contribution in [0.2, 0.25) is 5.02 Å². The Hall–Kier alpha value is -1.69. The molecule has 7 heteroatoms. The van der Waals surface area contributed by atoms with Crippen molar-refractivity contribution in [3.63, 3.8) is 0 Å². The second-order valence-corrected chi connectivity index (χ2v) is 4.09. The van der Waals surface area contributed by atoms with Crippen molar-refractivity contribution in [2.24, 2.45) is 5.92 Å². The molecule has 1 heterocycles. The lowest BCUT2D eigenvalue weighted by molar-refractivity contribution is -0.117. The number of amides is 1. The third-order valence-corrected chi connectivity index (χ3v) is 2.61. The number of anilines is 1. The van der Waals surface area contributed by atoms with Crippen molar-refractivity contribution in [2.75, 3.05) is 12.4 Å². The van der Waals surface area contributed by atoms with E-state index >= 15 is 0 Å². The molecule has 90 valence electrons. The molecule has 1 aliphatic rings. The van der Waals surface area contributed by atoms with E-state index < -0.39 is 5.97 Å². The van der Waals surface area contributed by atoms with Gasteiger partial charge in [-0.25, -0.2) is 4.79 Å². The van der Waals surface area contributed by atoms with Crippen molar-refractivity contribution in [3.8, 4) is 0 Å². The summed E-state index contributed by atoms with van der Waals surface area (Å²) in [6, 6.07) is 1.38. The number of aromatic nitrogens is 2. The molecule has 0 unspecified atom stereocenters. The van der Waals surface area contributed by atoms with E-state index in [0.29, 0.717) is 0 Å². The van der Waals surface area contributed by atoms with Gasteiger partial charge in [-0.2, -0.15) is 0 Å². The standard InChI is InChI=1S/C10H10ClN3O3/c1-17-10(16)8-6(11)4-7(13-14-8)12-9(15)5-2-3-5/h4-5H,2-3H2,1H3,(H,12,13,15). The second kappa shape index (κ2) is 4.67. The molecule has 0 saturated heterocycles. The molecule has 0 spiro atoms. The van der Waals surface area contributed by atoms with E-state index in [0.717, 1.165) is 12.8 Å². The number of rotatable bonds is 3. The van der Waals surface area contributed by atoms with Gasteiger partial charge in [-0.3, -0.25) is 4.79 Å². The highest BCUT2D eigenvalue weighted by Gasteiger charge is 2.30. The van der Waals surface area contributed by atoms with Crippen LogP contribution < -0.4 is 5.32 Å². The number of nitrogens with zero attached hydrogens (tertiary/aromatic N) is 2. The molecule has 17 heavy (non-hydrogen) atoms. The number of nitrogens with one attached hydrogen (secondary N) is 1. The van der Waals surface area contributed by atoms with Gasteiger partial charge >= 0.3 is 5.97 Å². The van der Waals surface area contributed by atoms with Crippen molar-refractivity contribution in [3.05, 3.63) is 16.8 Å². The lowest BCUT2D eigenvalue weighted by atomic mass is 10.3. The average Bonchev–Trinajstić information content (AvgIpc) is 3.12. The van der Waals surface area contributed by atoms with Gasteiger partial charge in [-0.05, 0) is 12.8 Å². The summed E-state index contributed by atoms with van der Waals surface area (Å²) in [4.78, 5) is 22.6. The van der Waals surface area contributed by atoms with Crippen LogP contribution in [-0.2, 0) is 9.53 Å². The summed E-state index contributed by atoms with van der Waals surface area (Å²) < 4.78 is 4.47. The Morgan fingerprint density at radius 1 is 1.47 bits per heavy atom. The summed E-state index contributed by atoms with van der Waals surface area (Å²) in [5.74, 6) is -0.459. The summed E-state index contributed by atoms with van der Waals surface area (Å²) in [6.45, 7) is 0. The maximum absolute atomic E-state index is 11.4. The van der Waals surface area contributed by atoms with Gasteiger partial charge in [0.2, 0.25) is 5.91 Å². The molecular formula is C10H10ClN3O3. The highest BCUT2D eigenvalue weighted by molar-refractivity contribution is 6.33. The second-order valence-electron chi connectivity index (χ2n) is 3.68. The molecule has 1 amide bonds. The first kappa shape index (κ1) is 11.8. The molecule has 2 rings (SSSR count). The van der Waals surface area contributed by atoms with Gasteiger partial charge in [-0.15, -0.1) is 10.2 Å². The highest BCUT2D eigenvalue weighted by Crippen LogP contribution is 2.30. The molecule has 1 aliphatic carbocycles. The minimum absolute atomic E-state index is 0.0656.